The number of hydrogen-bond acceptors (Lipinski definition) is 4. The van der Waals surface area contributed by atoms with E-state index in [9.17, 15) is 14.0 Å². The number of carbonyl (C=O) groups excluding carboxylic acids is 2. The van der Waals surface area contributed by atoms with Crippen molar-refractivity contribution in [3.8, 4) is 17.1 Å². The average Bonchev–Trinajstić information content (AvgIpc) is 3.33. The van der Waals surface area contributed by atoms with Gasteiger partial charge in [0, 0.05) is 13.1 Å². The van der Waals surface area contributed by atoms with Gasteiger partial charge in [-0.15, -0.1) is 0 Å². The largest absolute Gasteiger partial charge is 0.476 e. The van der Waals surface area contributed by atoms with E-state index in [1.807, 2.05) is 11.0 Å². The fraction of sp³-hybridized carbons (Fsp3) is 0.280. The first kappa shape index (κ1) is 20.3. The zero-order valence-corrected chi connectivity index (χ0v) is 17.5. The summed E-state index contributed by atoms with van der Waals surface area (Å²) in [6, 6.07) is 16.5. The molecule has 32 heavy (non-hydrogen) atoms. The molecule has 5 rings (SSSR count). The van der Waals surface area contributed by atoms with Gasteiger partial charge >= 0.3 is 0 Å². The fourth-order valence-corrected chi connectivity index (χ4v) is 4.26. The molecule has 2 aliphatic heterocycles. The number of ether oxygens (including phenoxy) is 1. The summed E-state index contributed by atoms with van der Waals surface area (Å²) in [6.45, 7) is 1.50. The van der Waals surface area contributed by atoms with Gasteiger partial charge in [0.2, 0.25) is 0 Å². The number of rotatable bonds is 3. The summed E-state index contributed by atoms with van der Waals surface area (Å²) in [5.74, 6) is -0.116. The highest BCUT2D eigenvalue weighted by atomic mass is 19.1. The molecule has 0 spiro atoms. The van der Waals surface area contributed by atoms with Gasteiger partial charge in [-0.05, 0) is 55.7 Å². The Morgan fingerprint density at radius 3 is 2.47 bits per heavy atom. The molecule has 1 fully saturated rings. The van der Waals surface area contributed by atoms with Gasteiger partial charge in [-0.2, -0.15) is 0 Å². The van der Waals surface area contributed by atoms with E-state index in [4.69, 9.17) is 9.15 Å². The molecule has 0 saturated carbocycles. The molecule has 2 aromatic carbocycles. The van der Waals surface area contributed by atoms with Crippen LogP contribution in [0.5, 0.6) is 5.75 Å². The molecule has 164 valence electrons. The molecular formula is C25H23FN2O4. The van der Waals surface area contributed by atoms with Crippen molar-refractivity contribution in [2.45, 2.75) is 25.4 Å². The first-order valence-electron chi connectivity index (χ1n) is 10.8. The molecular weight excluding hydrogens is 411 g/mol. The lowest BCUT2D eigenvalue weighted by Crippen LogP contribution is -2.52. The van der Waals surface area contributed by atoms with Crippen molar-refractivity contribution in [1.82, 2.24) is 4.90 Å². The monoisotopic (exact) mass is 434 g/mol. The van der Waals surface area contributed by atoms with Crippen LogP contribution in [0.15, 0.2) is 65.1 Å². The number of hydrogen-bond donors (Lipinski definition) is 0. The highest BCUT2D eigenvalue weighted by Gasteiger charge is 2.37. The van der Waals surface area contributed by atoms with Crippen LogP contribution in [0.1, 0.15) is 29.8 Å². The molecule has 0 bridgehead atoms. The van der Waals surface area contributed by atoms with Crippen molar-refractivity contribution >= 4 is 17.5 Å². The maximum absolute atomic E-state index is 14.1. The van der Waals surface area contributed by atoms with Crippen LogP contribution in [0.25, 0.3) is 11.3 Å². The number of amides is 2. The Bertz CT molecular complexity index is 1150. The molecule has 1 aromatic heterocycles. The van der Waals surface area contributed by atoms with Gasteiger partial charge in [-0.1, -0.05) is 24.3 Å². The lowest BCUT2D eigenvalue weighted by atomic mass is 10.1. The van der Waals surface area contributed by atoms with Gasteiger partial charge in [0.1, 0.15) is 17.3 Å². The van der Waals surface area contributed by atoms with Crippen LogP contribution < -0.4 is 9.64 Å². The number of benzene rings is 2. The summed E-state index contributed by atoms with van der Waals surface area (Å²) in [7, 11) is 0. The molecule has 2 amide bonds. The van der Waals surface area contributed by atoms with Gasteiger partial charge in [0.05, 0.1) is 17.8 Å². The van der Waals surface area contributed by atoms with Crippen LogP contribution in [-0.2, 0) is 4.79 Å². The third-order valence-corrected chi connectivity index (χ3v) is 5.92. The molecule has 6 nitrogen and oxygen atoms in total. The van der Waals surface area contributed by atoms with Gasteiger partial charge < -0.3 is 14.1 Å². The minimum Gasteiger partial charge on any atom is -0.476 e. The lowest BCUT2D eigenvalue weighted by molar-refractivity contribution is -0.139. The number of fused-ring (bicyclic) bond motifs is 1. The maximum Gasteiger partial charge on any atom is 0.294 e. The summed E-state index contributed by atoms with van der Waals surface area (Å²) in [5, 5.41) is 0. The van der Waals surface area contributed by atoms with E-state index in [1.54, 1.807) is 42.5 Å². The molecule has 3 heterocycles. The van der Waals surface area contributed by atoms with E-state index < -0.39 is 17.8 Å². The van der Waals surface area contributed by atoms with Crippen molar-refractivity contribution in [1.29, 1.82) is 0 Å². The van der Waals surface area contributed by atoms with Crippen LogP contribution >= 0.6 is 0 Å². The van der Waals surface area contributed by atoms with Crippen LogP contribution in [0.2, 0.25) is 0 Å². The quantitative estimate of drug-likeness (QED) is 0.609. The van der Waals surface area contributed by atoms with Crippen molar-refractivity contribution in [3.63, 3.8) is 0 Å². The summed E-state index contributed by atoms with van der Waals surface area (Å²) >= 11 is 0. The van der Waals surface area contributed by atoms with Crippen molar-refractivity contribution in [3.05, 3.63) is 72.2 Å². The molecule has 0 aliphatic carbocycles. The molecule has 0 radical (unpaired) electrons. The van der Waals surface area contributed by atoms with Crippen LogP contribution in [-0.4, -0.2) is 42.5 Å². The van der Waals surface area contributed by atoms with Gasteiger partial charge in [0.15, 0.2) is 11.9 Å². The van der Waals surface area contributed by atoms with Gasteiger partial charge in [-0.3, -0.25) is 14.5 Å². The molecule has 1 atom stereocenters. The fourth-order valence-electron chi connectivity index (χ4n) is 4.26. The Hall–Kier alpha value is -3.61. The number of likely N-dealkylation sites (tertiary alicyclic amines) is 1. The second-order valence-electron chi connectivity index (χ2n) is 8.02. The molecule has 3 aromatic rings. The smallest absolute Gasteiger partial charge is 0.294 e. The Kier molecular flexibility index (Phi) is 5.39. The first-order chi connectivity index (χ1) is 15.6. The SMILES string of the molecule is O=C([C@@H]1CN(C(=O)c2ccc(-c3ccccc3F)o2)c2ccccc2O1)N1CCCCC1. The second-order valence-corrected chi connectivity index (χ2v) is 8.02. The number of furan rings is 1. The molecule has 1 saturated heterocycles. The van der Waals surface area contributed by atoms with Crippen LogP contribution in [0.4, 0.5) is 10.1 Å². The molecule has 0 unspecified atom stereocenters. The first-order valence-corrected chi connectivity index (χ1v) is 10.8. The predicted octanol–water partition coefficient (Wildman–Crippen LogP) is 4.51. The van der Waals surface area contributed by atoms with Crippen LogP contribution in [0, 0.1) is 5.82 Å². The predicted molar refractivity (Wildman–Crippen MR) is 117 cm³/mol. The molecule has 7 heteroatoms. The van der Waals surface area contributed by atoms with Crippen molar-refractivity contribution in [2.24, 2.45) is 0 Å². The number of halogens is 1. The minimum atomic E-state index is -0.784. The van der Waals surface area contributed by atoms with E-state index >= 15 is 0 Å². The molecule has 2 aliphatic rings. The van der Waals surface area contributed by atoms with E-state index in [0.717, 1.165) is 19.3 Å². The zero-order chi connectivity index (χ0) is 22.1. The minimum absolute atomic E-state index is 0.0733. The van der Waals surface area contributed by atoms with Crippen molar-refractivity contribution < 1.29 is 23.1 Å². The van der Waals surface area contributed by atoms with E-state index in [2.05, 4.69) is 0 Å². The van der Waals surface area contributed by atoms with Gasteiger partial charge in [-0.25, -0.2) is 4.39 Å². The summed E-state index contributed by atoms with van der Waals surface area (Å²) < 4.78 is 25.9. The number of para-hydroxylation sites is 2. The van der Waals surface area contributed by atoms with Gasteiger partial charge in [0.25, 0.3) is 11.8 Å². The summed E-state index contributed by atoms with van der Waals surface area (Å²) in [6.07, 6.45) is 2.28. The Balaban J connectivity index is 1.43. The summed E-state index contributed by atoms with van der Waals surface area (Å²) in [5.41, 5.74) is 0.858. The highest BCUT2D eigenvalue weighted by molar-refractivity contribution is 6.06. The average molecular weight is 434 g/mol. The van der Waals surface area contributed by atoms with E-state index in [1.165, 1.54) is 17.0 Å². The molecule has 0 N–H and O–H groups in total. The highest BCUT2D eigenvalue weighted by Crippen LogP contribution is 2.35. The van der Waals surface area contributed by atoms with Crippen LogP contribution in [0.3, 0.4) is 0 Å². The Labute approximate surface area is 185 Å². The number of carbonyl (C=O) groups is 2. The maximum atomic E-state index is 14.1. The van der Waals surface area contributed by atoms with E-state index in [-0.39, 0.29) is 29.5 Å². The Morgan fingerprint density at radius 2 is 1.66 bits per heavy atom. The number of nitrogens with zero attached hydrogens (tertiary/aromatic N) is 2. The number of piperidine rings is 1. The summed E-state index contributed by atoms with van der Waals surface area (Å²) in [4.78, 5) is 29.8. The third-order valence-electron chi connectivity index (χ3n) is 5.92. The number of anilines is 1. The zero-order valence-electron chi connectivity index (χ0n) is 17.5. The lowest BCUT2D eigenvalue weighted by Gasteiger charge is -2.37. The standard InChI is InChI=1S/C25H23FN2O4/c26-18-9-3-2-8-17(18)20-12-13-22(31-20)25(30)28-16-23(24(29)27-14-6-1-7-15-27)32-21-11-5-4-10-19(21)28/h2-5,8-13,23H,1,6-7,14-16H2/t23-/m0/s1. The van der Waals surface area contributed by atoms with Crippen molar-refractivity contribution in [2.75, 3.05) is 24.5 Å². The third kappa shape index (κ3) is 3.75. The topological polar surface area (TPSA) is 63.0 Å². The normalized spacial score (nSPS) is 18.1. The Morgan fingerprint density at radius 1 is 0.906 bits per heavy atom. The van der Waals surface area contributed by atoms with E-state index in [0.29, 0.717) is 24.5 Å². The second kappa shape index (κ2) is 8.49.